The molecule has 0 aliphatic rings. The van der Waals surface area contributed by atoms with Crippen molar-refractivity contribution < 1.29 is 4.79 Å². The molecule has 0 atom stereocenters. The number of amides is 1. The van der Waals surface area contributed by atoms with Crippen molar-refractivity contribution in [2.45, 2.75) is 33.4 Å². The molecule has 3 aromatic rings. The first-order chi connectivity index (χ1) is 11.6. The fraction of sp³-hybridized carbons (Fsp3) is 0.286. The van der Waals surface area contributed by atoms with Crippen molar-refractivity contribution in [2.24, 2.45) is 0 Å². The van der Waals surface area contributed by atoms with Gasteiger partial charge in [-0.2, -0.15) is 0 Å². The maximum absolute atomic E-state index is 12.9. The number of fused-ring (bicyclic) bond motifs is 1. The van der Waals surface area contributed by atoms with Gasteiger partial charge in [0.25, 0.3) is 5.91 Å². The van der Waals surface area contributed by atoms with Gasteiger partial charge in [-0.05, 0) is 49.9 Å². The van der Waals surface area contributed by atoms with Crippen LogP contribution in [0, 0.1) is 0 Å². The second kappa shape index (κ2) is 6.91. The van der Waals surface area contributed by atoms with E-state index in [0.29, 0.717) is 19.1 Å². The highest BCUT2D eigenvalue weighted by molar-refractivity contribution is 5.98. The summed E-state index contributed by atoms with van der Waals surface area (Å²) >= 11 is 0. The number of carbonyl (C=O) groups excluding carboxylic acids is 1. The molecule has 0 aliphatic heterocycles. The zero-order valence-electron chi connectivity index (χ0n) is 14.6. The summed E-state index contributed by atoms with van der Waals surface area (Å²) in [4.78, 5) is 14.8. The Balaban J connectivity index is 1.90. The molecule has 0 bridgehead atoms. The summed E-state index contributed by atoms with van der Waals surface area (Å²) in [6.07, 6.45) is 2.09. The molecule has 0 aliphatic carbocycles. The van der Waals surface area contributed by atoms with Gasteiger partial charge in [0.05, 0.1) is 0 Å². The number of rotatable bonds is 5. The molecule has 0 N–H and O–H groups in total. The molecule has 0 spiro atoms. The molecule has 3 nitrogen and oxygen atoms in total. The van der Waals surface area contributed by atoms with E-state index >= 15 is 0 Å². The van der Waals surface area contributed by atoms with Crippen molar-refractivity contribution >= 4 is 16.8 Å². The van der Waals surface area contributed by atoms with Gasteiger partial charge < -0.3 is 9.47 Å². The lowest BCUT2D eigenvalue weighted by Crippen LogP contribution is -2.30. The molecule has 24 heavy (non-hydrogen) atoms. The molecule has 0 fully saturated rings. The lowest BCUT2D eigenvalue weighted by molar-refractivity contribution is 0.0752. The van der Waals surface area contributed by atoms with Crippen LogP contribution in [0.2, 0.25) is 0 Å². The summed E-state index contributed by atoms with van der Waals surface area (Å²) in [5.41, 5.74) is 3.02. The van der Waals surface area contributed by atoms with Crippen molar-refractivity contribution in [1.82, 2.24) is 9.47 Å². The molecule has 1 amide bonds. The van der Waals surface area contributed by atoms with E-state index in [1.54, 1.807) is 0 Å². The summed E-state index contributed by atoms with van der Waals surface area (Å²) in [5.74, 6) is 0.0831. The maximum atomic E-state index is 12.9. The second-order valence-corrected chi connectivity index (χ2v) is 6.40. The van der Waals surface area contributed by atoms with Gasteiger partial charge >= 0.3 is 0 Å². The molecule has 2 aromatic carbocycles. The summed E-state index contributed by atoms with van der Waals surface area (Å²) in [6, 6.07) is 18.6. The van der Waals surface area contributed by atoms with Crippen LogP contribution in [0.1, 0.15) is 42.7 Å². The Bertz CT molecular complexity index is 833. The van der Waals surface area contributed by atoms with Gasteiger partial charge in [0, 0.05) is 36.4 Å². The Morgan fingerprint density at radius 3 is 2.50 bits per heavy atom. The van der Waals surface area contributed by atoms with Gasteiger partial charge in [-0.1, -0.05) is 36.4 Å². The lowest BCUT2D eigenvalue weighted by Gasteiger charge is -2.21. The van der Waals surface area contributed by atoms with Gasteiger partial charge in [-0.25, -0.2) is 0 Å². The van der Waals surface area contributed by atoms with E-state index in [1.165, 1.54) is 5.39 Å². The first-order valence-corrected chi connectivity index (χ1v) is 8.54. The SMILES string of the molecule is CCN(Cc1ccccc1)C(=O)c1ccc2ccn(C(C)C)c2c1. The molecule has 124 valence electrons. The Morgan fingerprint density at radius 1 is 1.08 bits per heavy atom. The van der Waals surface area contributed by atoms with Crippen LogP contribution in [0.15, 0.2) is 60.8 Å². The van der Waals surface area contributed by atoms with E-state index in [0.717, 1.165) is 16.6 Å². The van der Waals surface area contributed by atoms with Crippen LogP contribution in [-0.2, 0) is 6.54 Å². The summed E-state index contributed by atoms with van der Waals surface area (Å²) in [6.45, 7) is 7.66. The molecule has 1 heterocycles. The average Bonchev–Trinajstić information content (AvgIpc) is 3.03. The third kappa shape index (κ3) is 3.21. The Hall–Kier alpha value is -2.55. The standard InChI is InChI=1S/C21H24N2O/c1-4-22(15-17-8-6-5-7-9-17)21(24)19-11-10-18-12-13-23(16(2)3)20(18)14-19/h5-14,16H,4,15H2,1-3H3. The van der Waals surface area contributed by atoms with Crippen LogP contribution in [0.25, 0.3) is 10.9 Å². The first kappa shape index (κ1) is 16.3. The maximum Gasteiger partial charge on any atom is 0.254 e. The fourth-order valence-electron chi connectivity index (χ4n) is 3.05. The van der Waals surface area contributed by atoms with Crippen LogP contribution >= 0.6 is 0 Å². The van der Waals surface area contributed by atoms with Crippen LogP contribution in [0.5, 0.6) is 0 Å². The Morgan fingerprint density at radius 2 is 1.83 bits per heavy atom. The van der Waals surface area contributed by atoms with Crippen LogP contribution in [-0.4, -0.2) is 21.9 Å². The Labute approximate surface area is 143 Å². The molecule has 1 aromatic heterocycles. The predicted molar refractivity (Wildman–Crippen MR) is 99.2 cm³/mol. The predicted octanol–water partition coefficient (Wildman–Crippen LogP) is 4.88. The van der Waals surface area contributed by atoms with E-state index in [9.17, 15) is 4.79 Å². The number of carbonyl (C=O) groups is 1. The minimum atomic E-state index is 0.0831. The molecule has 0 radical (unpaired) electrons. The number of hydrogen-bond acceptors (Lipinski definition) is 1. The van der Waals surface area contributed by atoms with Crippen molar-refractivity contribution in [3.05, 3.63) is 71.9 Å². The van der Waals surface area contributed by atoms with E-state index in [4.69, 9.17) is 0 Å². The number of aromatic nitrogens is 1. The van der Waals surface area contributed by atoms with E-state index in [-0.39, 0.29) is 5.91 Å². The highest BCUT2D eigenvalue weighted by atomic mass is 16.2. The van der Waals surface area contributed by atoms with Gasteiger partial charge in [0.15, 0.2) is 0 Å². The molecule has 3 heteroatoms. The smallest absolute Gasteiger partial charge is 0.254 e. The number of hydrogen-bond donors (Lipinski definition) is 0. The van der Waals surface area contributed by atoms with Gasteiger partial charge in [0.1, 0.15) is 0 Å². The van der Waals surface area contributed by atoms with Crippen LogP contribution < -0.4 is 0 Å². The zero-order valence-corrected chi connectivity index (χ0v) is 14.6. The summed E-state index contributed by atoms with van der Waals surface area (Å²) in [5, 5.41) is 1.17. The Kier molecular flexibility index (Phi) is 4.70. The fourth-order valence-corrected chi connectivity index (χ4v) is 3.05. The van der Waals surface area contributed by atoms with Gasteiger partial charge in [0.2, 0.25) is 0 Å². The second-order valence-electron chi connectivity index (χ2n) is 6.40. The zero-order chi connectivity index (χ0) is 17.1. The minimum absolute atomic E-state index is 0.0831. The van der Waals surface area contributed by atoms with Crippen molar-refractivity contribution in [3.63, 3.8) is 0 Å². The quantitative estimate of drug-likeness (QED) is 0.657. The van der Waals surface area contributed by atoms with Crippen LogP contribution in [0.3, 0.4) is 0 Å². The molecule has 0 saturated carbocycles. The minimum Gasteiger partial charge on any atom is -0.345 e. The van der Waals surface area contributed by atoms with E-state index < -0.39 is 0 Å². The molecular weight excluding hydrogens is 296 g/mol. The third-order valence-corrected chi connectivity index (χ3v) is 4.41. The van der Waals surface area contributed by atoms with E-state index in [2.05, 4.69) is 42.8 Å². The van der Waals surface area contributed by atoms with Crippen molar-refractivity contribution in [2.75, 3.05) is 6.54 Å². The number of nitrogens with zero attached hydrogens (tertiary/aromatic N) is 2. The lowest BCUT2D eigenvalue weighted by atomic mass is 10.1. The summed E-state index contributed by atoms with van der Waals surface area (Å²) in [7, 11) is 0. The van der Waals surface area contributed by atoms with Gasteiger partial charge in [-0.15, -0.1) is 0 Å². The van der Waals surface area contributed by atoms with Crippen molar-refractivity contribution in [1.29, 1.82) is 0 Å². The molecular formula is C21H24N2O. The largest absolute Gasteiger partial charge is 0.345 e. The van der Waals surface area contributed by atoms with Crippen molar-refractivity contribution in [3.8, 4) is 0 Å². The monoisotopic (exact) mass is 320 g/mol. The third-order valence-electron chi connectivity index (χ3n) is 4.41. The highest BCUT2D eigenvalue weighted by Crippen LogP contribution is 2.22. The van der Waals surface area contributed by atoms with E-state index in [1.807, 2.05) is 48.2 Å². The first-order valence-electron chi connectivity index (χ1n) is 8.54. The topological polar surface area (TPSA) is 25.2 Å². The number of benzene rings is 2. The van der Waals surface area contributed by atoms with Gasteiger partial charge in [-0.3, -0.25) is 4.79 Å². The molecule has 0 saturated heterocycles. The van der Waals surface area contributed by atoms with Crippen LogP contribution in [0.4, 0.5) is 0 Å². The average molecular weight is 320 g/mol. The highest BCUT2D eigenvalue weighted by Gasteiger charge is 2.16. The molecule has 0 unspecified atom stereocenters. The summed E-state index contributed by atoms with van der Waals surface area (Å²) < 4.78 is 2.21. The normalized spacial score (nSPS) is 11.2. The molecule has 3 rings (SSSR count).